The molecule has 1 aliphatic rings. The average molecular weight is 165 g/mol. The van der Waals surface area contributed by atoms with E-state index in [1.54, 1.807) is 0 Å². The second-order valence-corrected chi connectivity index (χ2v) is 2.91. The van der Waals surface area contributed by atoms with Crippen molar-refractivity contribution in [3.8, 4) is 0 Å². The summed E-state index contributed by atoms with van der Waals surface area (Å²) in [7, 11) is 0. The number of halogens is 1. The van der Waals surface area contributed by atoms with Gasteiger partial charge in [-0.05, 0) is 6.92 Å². The number of hydrogen-bond donors (Lipinski definition) is 2. The van der Waals surface area contributed by atoms with Gasteiger partial charge in [0, 0.05) is 0 Å². The molecule has 0 saturated carbocycles. The molecule has 1 unspecified atom stereocenters. The van der Waals surface area contributed by atoms with Crippen molar-refractivity contribution in [1.29, 1.82) is 0 Å². The normalized spacial score (nSPS) is 44.7. The fraction of sp³-hybridized carbons (Fsp3) is 1.00. The standard InChI is InChI=1S/C6H12FNO3/c1-6(7)3-10-4(2-11-8)5(6)9/h4-5,9H,2-3,8H2,1H3/t4-,5?,6+/m1/s1. The van der Waals surface area contributed by atoms with Gasteiger partial charge in [-0.15, -0.1) is 0 Å². The maximum Gasteiger partial charge on any atom is 0.159 e. The molecule has 0 radical (unpaired) electrons. The predicted molar refractivity (Wildman–Crippen MR) is 35.4 cm³/mol. The van der Waals surface area contributed by atoms with Gasteiger partial charge >= 0.3 is 0 Å². The van der Waals surface area contributed by atoms with E-state index < -0.39 is 17.9 Å². The summed E-state index contributed by atoms with van der Waals surface area (Å²) in [6.07, 6.45) is -1.79. The van der Waals surface area contributed by atoms with E-state index in [2.05, 4.69) is 4.84 Å². The van der Waals surface area contributed by atoms with Crippen LogP contribution in [0.25, 0.3) is 0 Å². The summed E-state index contributed by atoms with van der Waals surface area (Å²) < 4.78 is 18.0. The Kier molecular flexibility index (Phi) is 2.43. The van der Waals surface area contributed by atoms with Gasteiger partial charge < -0.3 is 14.7 Å². The van der Waals surface area contributed by atoms with Gasteiger partial charge in [-0.1, -0.05) is 0 Å². The first-order valence-electron chi connectivity index (χ1n) is 3.38. The second-order valence-electron chi connectivity index (χ2n) is 2.91. The fourth-order valence-corrected chi connectivity index (χ4v) is 1.07. The molecule has 0 aliphatic carbocycles. The number of nitrogens with two attached hydrogens (primary N) is 1. The number of ether oxygens (including phenoxy) is 1. The highest BCUT2D eigenvalue weighted by atomic mass is 19.1. The molecule has 0 aromatic rings. The molecule has 1 fully saturated rings. The van der Waals surface area contributed by atoms with Gasteiger partial charge in [0.2, 0.25) is 0 Å². The van der Waals surface area contributed by atoms with Crippen LogP contribution in [0.5, 0.6) is 0 Å². The van der Waals surface area contributed by atoms with E-state index in [4.69, 9.17) is 10.6 Å². The third kappa shape index (κ3) is 1.67. The molecule has 1 aliphatic heterocycles. The zero-order valence-electron chi connectivity index (χ0n) is 6.29. The molecule has 1 heterocycles. The first-order valence-corrected chi connectivity index (χ1v) is 3.38. The Bertz CT molecular complexity index is 142. The van der Waals surface area contributed by atoms with E-state index in [0.29, 0.717) is 0 Å². The zero-order chi connectivity index (χ0) is 8.48. The van der Waals surface area contributed by atoms with Crippen LogP contribution in [0.1, 0.15) is 6.92 Å². The Morgan fingerprint density at radius 1 is 1.91 bits per heavy atom. The highest BCUT2D eigenvalue weighted by Gasteiger charge is 2.46. The van der Waals surface area contributed by atoms with E-state index >= 15 is 0 Å². The smallest absolute Gasteiger partial charge is 0.159 e. The van der Waals surface area contributed by atoms with Crippen molar-refractivity contribution in [2.75, 3.05) is 13.2 Å². The van der Waals surface area contributed by atoms with Gasteiger partial charge in [0.1, 0.15) is 12.2 Å². The van der Waals surface area contributed by atoms with Crippen LogP contribution in [0.3, 0.4) is 0 Å². The van der Waals surface area contributed by atoms with E-state index in [1.807, 2.05) is 0 Å². The Balaban J connectivity index is 2.49. The minimum absolute atomic E-state index is 0.0146. The van der Waals surface area contributed by atoms with Crippen LogP contribution in [0.4, 0.5) is 4.39 Å². The van der Waals surface area contributed by atoms with Crippen molar-refractivity contribution in [2.45, 2.75) is 24.8 Å². The monoisotopic (exact) mass is 165 g/mol. The molecule has 4 nitrogen and oxygen atoms in total. The summed E-state index contributed by atoms with van der Waals surface area (Å²) in [5, 5.41) is 9.21. The van der Waals surface area contributed by atoms with E-state index in [9.17, 15) is 9.50 Å². The summed E-state index contributed by atoms with van der Waals surface area (Å²) in [6.45, 7) is 1.19. The molecule has 5 heteroatoms. The summed E-state index contributed by atoms with van der Waals surface area (Å²) in [6, 6.07) is 0. The molecule has 0 amide bonds. The van der Waals surface area contributed by atoms with Crippen molar-refractivity contribution >= 4 is 0 Å². The Labute approximate surface area is 64.0 Å². The first-order chi connectivity index (χ1) is 5.08. The number of aliphatic hydroxyl groups excluding tert-OH is 1. The summed E-state index contributed by atoms with van der Waals surface area (Å²) in [4.78, 5) is 4.24. The van der Waals surface area contributed by atoms with Gasteiger partial charge in [-0.2, -0.15) is 0 Å². The zero-order valence-corrected chi connectivity index (χ0v) is 6.29. The topological polar surface area (TPSA) is 64.7 Å². The Hall–Kier alpha value is -0.230. The van der Waals surface area contributed by atoms with E-state index in [-0.39, 0.29) is 13.2 Å². The van der Waals surface area contributed by atoms with Crippen molar-refractivity contribution in [2.24, 2.45) is 5.90 Å². The van der Waals surface area contributed by atoms with Crippen molar-refractivity contribution in [3.05, 3.63) is 0 Å². The highest BCUT2D eigenvalue weighted by molar-refractivity contribution is 4.93. The van der Waals surface area contributed by atoms with Crippen LogP contribution in [-0.4, -0.2) is 36.2 Å². The van der Waals surface area contributed by atoms with Crippen molar-refractivity contribution < 1.29 is 19.1 Å². The van der Waals surface area contributed by atoms with Gasteiger partial charge in [0.15, 0.2) is 5.67 Å². The van der Waals surface area contributed by atoms with Crippen LogP contribution in [0, 0.1) is 0 Å². The van der Waals surface area contributed by atoms with E-state index in [0.717, 1.165) is 0 Å². The Morgan fingerprint density at radius 3 is 2.91 bits per heavy atom. The largest absolute Gasteiger partial charge is 0.387 e. The van der Waals surface area contributed by atoms with Crippen LogP contribution < -0.4 is 5.90 Å². The van der Waals surface area contributed by atoms with Crippen LogP contribution in [-0.2, 0) is 9.57 Å². The van der Waals surface area contributed by atoms with Crippen molar-refractivity contribution in [3.63, 3.8) is 0 Å². The third-order valence-electron chi connectivity index (χ3n) is 1.81. The quantitative estimate of drug-likeness (QED) is 0.534. The summed E-state index contributed by atoms with van der Waals surface area (Å²) >= 11 is 0. The average Bonchev–Trinajstić information content (AvgIpc) is 2.17. The predicted octanol–water partition coefficient (Wildman–Crippen LogP) is -0.635. The highest BCUT2D eigenvalue weighted by Crippen LogP contribution is 2.27. The Morgan fingerprint density at radius 2 is 2.55 bits per heavy atom. The second kappa shape index (κ2) is 3.02. The number of hydrogen-bond acceptors (Lipinski definition) is 4. The molecule has 0 bridgehead atoms. The third-order valence-corrected chi connectivity index (χ3v) is 1.81. The van der Waals surface area contributed by atoms with E-state index in [1.165, 1.54) is 6.92 Å². The lowest BCUT2D eigenvalue weighted by Crippen LogP contribution is -2.39. The maximum atomic E-state index is 13.1. The maximum absolute atomic E-state index is 13.1. The van der Waals surface area contributed by atoms with Crippen LogP contribution >= 0.6 is 0 Å². The van der Waals surface area contributed by atoms with Crippen molar-refractivity contribution in [1.82, 2.24) is 0 Å². The van der Waals surface area contributed by atoms with Gasteiger partial charge in [0.05, 0.1) is 13.2 Å². The summed E-state index contributed by atoms with van der Waals surface area (Å²) in [5.74, 6) is 4.75. The molecule has 0 aromatic heterocycles. The molecular formula is C6H12FNO3. The van der Waals surface area contributed by atoms with Gasteiger partial charge in [-0.25, -0.2) is 10.3 Å². The number of rotatable bonds is 2. The molecule has 0 spiro atoms. The fourth-order valence-electron chi connectivity index (χ4n) is 1.07. The van der Waals surface area contributed by atoms with Gasteiger partial charge in [0.25, 0.3) is 0 Å². The molecule has 11 heavy (non-hydrogen) atoms. The van der Waals surface area contributed by atoms with Gasteiger partial charge in [-0.3, -0.25) is 0 Å². The molecular weight excluding hydrogens is 153 g/mol. The molecule has 1 saturated heterocycles. The number of aliphatic hydroxyl groups is 1. The molecule has 3 atom stereocenters. The molecule has 1 rings (SSSR count). The molecule has 0 aromatic carbocycles. The van der Waals surface area contributed by atoms with Crippen LogP contribution in [0.2, 0.25) is 0 Å². The van der Waals surface area contributed by atoms with Crippen LogP contribution in [0.15, 0.2) is 0 Å². The minimum Gasteiger partial charge on any atom is -0.387 e. The summed E-state index contributed by atoms with van der Waals surface area (Å²) in [5.41, 5.74) is -1.68. The minimum atomic E-state index is -1.68. The lowest BCUT2D eigenvalue weighted by Gasteiger charge is -2.17. The first kappa shape index (κ1) is 8.86. The molecule has 3 N–H and O–H groups in total. The SMILES string of the molecule is C[C@]1(F)CO[C@H](CON)C1O. The number of alkyl halides is 1. The lowest BCUT2D eigenvalue weighted by molar-refractivity contribution is -0.0332. The molecule has 66 valence electrons. The lowest BCUT2D eigenvalue weighted by atomic mass is 10.0.